The standard InChI is InChI=1S/C16H15ClO3/c17-13-5-3-11(4-6-13)15(18)9-20-16(19)14-8-10-1-2-12(14)7-10/h1-6,10,12,14H,7-9H2. The summed E-state index contributed by atoms with van der Waals surface area (Å²) in [7, 11) is 0. The first-order chi connectivity index (χ1) is 9.63. The Morgan fingerprint density at radius 1 is 1.15 bits per heavy atom. The molecule has 0 spiro atoms. The molecule has 3 rings (SSSR count). The molecule has 2 aliphatic rings. The van der Waals surface area contributed by atoms with Gasteiger partial charge < -0.3 is 4.74 Å². The molecule has 104 valence electrons. The number of rotatable bonds is 4. The van der Waals surface area contributed by atoms with Gasteiger partial charge in [-0.2, -0.15) is 0 Å². The average Bonchev–Trinajstić information content (AvgIpc) is 3.08. The highest BCUT2D eigenvalue weighted by molar-refractivity contribution is 6.30. The Bertz CT molecular complexity index is 562. The molecule has 3 unspecified atom stereocenters. The number of hydrogen-bond donors (Lipinski definition) is 0. The number of hydrogen-bond acceptors (Lipinski definition) is 3. The van der Waals surface area contributed by atoms with Crippen molar-refractivity contribution in [1.29, 1.82) is 0 Å². The molecule has 0 aliphatic heterocycles. The van der Waals surface area contributed by atoms with Gasteiger partial charge in [-0.1, -0.05) is 23.8 Å². The highest BCUT2D eigenvalue weighted by Crippen LogP contribution is 2.43. The predicted octanol–water partition coefficient (Wildman–Crippen LogP) is 3.28. The van der Waals surface area contributed by atoms with Crippen molar-refractivity contribution in [2.24, 2.45) is 17.8 Å². The van der Waals surface area contributed by atoms with Crippen LogP contribution in [0.4, 0.5) is 0 Å². The zero-order chi connectivity index (χ0) is 14.1. The van der Waals surface area contributed by atoms with E-state index in [1.165, 1.54) is 0 Å². The minimum atomic E-state index is -0.246. The Balaban J connectivity index is 1.54. The zero-order valence-electron chi connectivity index (χ0n) is 10.9. The Kier molecular flexibility index (Phi) is 3.62. The van der Waals surface area contributed by atoms with Gasteiger partial charge >= 0.3 is 5.97 Å². The van der Waals surface area contributed by atoms with E-state index in [-0.39, 0.29) is 24.3 Å². The lowest BCUT2D eigenvalue weighted by Crippen LogP contribution is -2.24. The fraction of sp³-hybridized carbons (Fsp3) is 0.375. The van der Waals surface area contributed by atoms with E-state index in [1.807, 2.05) is 0 Å². The predicted molar refractivity (Wildman–Crippen MR) is 75.6 cm³/mol. The molecule has 2 bridgehead atoms. The molecule has 0 radical (unpaired) electrons. The first kappa shape index (κ1) is 13.4. The maximum atomic E-state index is 12.0. The highest BCUT2D eigenvalue weighted by atomic mass is 35.5. The lowest BCUT2D eigenvalue weighted by molar-refractivity contribution is -0.148. The summed E-state index contributed by atoms with van der Waals surface area (Å²) in [5, 5.41) is 0.576. The van der Waals surface area contributed by atoms with Crippen molar-refractivity contribution < 1.29 is 14.3 Å². The van der Waals surface area contributed by atoms with Crippen LogP contribution in [0, 0.1) is 17.8 Å². The van der Waals surface area contributed by atoms with Crippen LogP contribution in [0.5, 0.6) is 0 Å². The van der Waals surface area contributed by atoms with Gasteiger partial charge in [0, 0.05) is 10.6 Å². The quantitative estimate of drug-likeness (QED) is 0.485. The van der Waals surface area contributed by atoms with Gasteiger partial charge in [0.15, 0.2) is 12.4 Å². The molecule has 3 atom stereocenters. The van der Waals surface area contributed by atoms with Gasteiger partial charge in [-0.3, -0.25) is 9.59 Å². The lowest BCUT2D eigenvalue weighted by atomic mass is 9.94. The van der Waals surface area contributed by atoms with Crippen molar-refractivity contribution in [3.8, 4) is 0 Å². The molecule has 1 aromatic carbocycles. The number of benzene rings is 1. The van der Waals surface area contributed by atoms with Crippen LogP contribution in [0.25, 0.3) is 0 Å². The molecular formula is C16H15ClO3. The van der Waals surface area contributed by atoms with Gasteiger partial charge in [0.2, 0.25) is 0 Å². The minimum absolute atomic E-state index is 0.0667. The van der Waals surface area contributed by atoms with Crippen molar-refractivity contribution >= 4 is 23.4 Å². The maximum Gasteiger partial charge on any atom is 0.310 e. The first-order valence-corrected chi connectivity index (χ1v) is 7.15. The summed E-state index contributed by atoms with van der Waals surface area (Å²) in [4.78, 5) is 23.9. The van der Waals surface area contributed by atoms with E-state index in [4.69, 9.17) is 16.3 Å². The van der Waals surface area contributed by atoms with E-state index < -0.39 is 0 Å². The molecular weight excluding hydrogens is 276 g/mol. The van der Waals surface area contributed by atoms with Gasteiger partial charge in [-0.15, -0.1) is 0 Å². The number of halogens is 1. The fourth-order valence-electron chi connectivity index (χ4n) is 3.01. The number of esters is 1. The van der Waals surface area contributed by atoms with Gasteiger partial charge in [0.1, 0.15) is 0 Å². The summed E-state index contributed by atoms with van der Waals surface area (Å²) in [6.45, 7) is -0.196. The van der Waals surface area contributed by atoms with Crippen LogP contribution in [0.3, 0.4) is 0 Å². The Hall–Kier alpha value is -1.61. The van der Waals surface area contributed by atoms with E-state index >= 15 is 0 Å². The highest BCUT2D eigenvalue weighted by Gasteiger charge is 2.40. The van der Waals surface area contributed by atoms with Crippen LogP contribution >= 0.6 is 11.6 Å². The van der Waals surface area contributed by atoms with Gasteiger partial charge in [0.25, 0.3) is 0 Å². The minimum Gasteiger partial charge on any atom is -0.457 e. The molecule has 0 aromatic heterocycles. The van der Waals surface area contributed by atoms with Crippen LogP contribution in [0.15, 0.2) is 36.4 Å². The van der Waals surface area contributed by atoms with Crippen molar-refractivity contribution in [3.63, 3.8) is 0 Å². The number of carbonyl (C=O) groups excluding carboxylic acids is 2. The molecule has 3 nitrogen and oxygen atoms in total. The number of fused-ring (bicyclic) bond motifs is 2. The van der Waals surface area contributed by atoms with Crippen LogP contribution in [0.1, 0.15) is 23.2 Å². The first-order valence-electron chi connectivity index (χ1n) is 6.77. The third kappa shape index (κ3) is 2.63. The van der Waals surface area contributed by atoms with Crippen LogP contribution in [-0.2, 0) is 9.53 Å². The van der Waals surface area contributed by atoms with Crippen molar-refractivity contribution in [2.45, 2.75) is 12.8 Å². The largest absolute Gasteiger partial charge is 0.457 e. The molecule has 20 heavy (non-hydrogen) atoms. The second-order valence-electron chi connectivity index (χ2n) is 5.42. The lowest BCUT2D eigenvalue weighted by Gasteiger charge is -2.16. The van der Waals surface area contributed by atoms with E-state index in [9.17, 15) is 9.59 Å². The smallest absolute Gasteiger partial charge is 0.310 e. The molecule has 0 amide bonds. The fourth-order valence-corrected chi connectivity index (χ4v) is 3.14. The van der Waals surface area contributed by atoms with Gasteiger partial charge in [0.05, 0.1) is 5.92 Å². The number of ketones is 1. The number of allylic oxidation sites excluding steroid dienone is 2. The van der Waals surface area contributed by atoms with E-state index in [0.717, 1.165) is 12.8 Å². The Morgan fingerprint density at radius 3 is 2.50 bits per heavy atom. The molecule has 2 aliphatic carbocycles. The summed E-state index contributed by atoms with van der Waals surface area (Å²) in [5.74, 6) is 0.309. The van der Waals surface area contributed by atoms with Crippen LogP contribution in [0.2, 0.25) is 5.02 Å². The summed E-state index contributed by atoms with van der Waals surface area (Å²) in [6.07, 6.45) is 6.18. The number of Topliss-reactive ketones (excluding diaryl/α,β-unsaturated/α-hetero) is 1. The third-order valence-electron chi connectivity index (χ3n) is 4.09. The summed E-state index contributed by atoms with van der Waals surface area (Å²) >= 11 is 5.76. The Morgan fingerprint density at radius 2 is 1.90 bits per heavy atom. The normalized spacial score (nSPS) is 26.8. The number of ether oxygens (including phenoxy) is 1. The van der Waals surface area contributed by atoms with E-state index in [2.05, 4.69) is 12.2 Å². The molecule has 1 fully saturated rings. The van der Waals surface area contributed by atoms with Gasteiger partial charge in [-0.25, -0.2) is 0 Å². The second kappa shape index (κ2) is 5.41. The molecule has 0 heterocycles. The summed E-state index contributed by atoms with van der Waals surface area (Å²) in [6, 6.07) is 6.58. The summed E-state index contributed by atoms with van der Waals surface area (Å²) in [5.41, 5.74) is 0.509. The second-order valence-corrected chi connectivity index (χ2v) is 5.86. The topological polar surface area (TPSA) is 43.4 Å². The molecule has 0 saturated heterocycles. The van der Waals surface area contributed by atoms with Crippen molar-refractivity contribution in [2.75, 3.05) is 6.61 Å². The van der Waals surface area contributed by atoms with E-state index in [1.54, 1.807) is 24.3 Å². The molecule has 1 saturated carbocycles. The SMILES string of the molecule is O=C(COC(=O)C1CC2C=CC1C2)c1ccc(Cl)cc1. The number of carbonyl (C=O) groups is 2. The molecule has 1 aromatic rings. The molecule has 4 heteroatoms. The Labute approximate surface area is 122 Å². The van der Waals surface area contributed by atoms with Crippen molar-refractivity contribution in [3.05, 3.63) is 47.0 Å². The molecule has 0 N–H and O–H groups in total. The van der Waals surface area contributed by atoms with Crippen molar-refractivity contribution in [1.82, 2.24) is 0 Å². The monoisotopic (exact) mass is 290 g/mol. The maximum absolute atomic E-state index is 12.0. The third-order valence-corrected chi connectivity index (χ3v) is 4.35. The van der Waals surface area contributed by atoms with Crippen LogP contribution < -0.4 is 0 Å². The van der Waals surface area contributed by atoms with E-state index in [0.29, 0.717) is 22.4 Å². The zero-order valence-corrected chi connectivity index (χ0v) is 11.7. The van der Waals surface area contributed by atoms with Gasteiger partial charge in [-0.05, 0) is 48.9 Å². The average molecular weight is 291 g/mol. The van der Waals surface area contributed by atoms with Crippen LogP contribution in [-0.4, -0.2) is 18.4 Å². The summed E-state index contributed by atoms with van der Waals surface area (Å²) < 4.78 is 5.17.